The SMILES string of the molecule is CC(O)CNCc1cccn1-c1ccccc1C#N. The number of hydrogen-bond acceptors (Lipinski definition) is 3. The van der Waals surface area contributed by atoms with Crippen molar-refractivity contribution in [1.82, 2.24) is 9.88 Å². The Labute approximate surface area is 112 Å². The molecule has 0 bridgehead atoms. The summed E-state index contributed by atoms with van der Waals surface area (Å²) in [6.45, 7) is 2.94. The van der Waals surface area contributed by atoms with Gasteiger partial charge in [0.25, 0.3) is 0 Å². The first-order valence-corrected chi connectivity index (χ1v) is 6.27. The van der Waals surface area contributed by atoms with E-state index in [0.29, 0.717) is 18.7 Å². The van der Waals surface area contributed by atoms with E-state index in [1.165, 1.54) is 0 Å². The molecule has 0 aliphatic rings. The largest absolute Gasteiger partial charge is 0.392 e. The summed E-state index contributed by atoms with van der Waals surface area (Å²) in [5.41, 5.74) is 2.59. The van der Waals surface area contributed by atoms with E-state index < -0.39 is 0 Å². The van der Waals surface area contributed by atoms with Crippen molar-refractivity contribution in [2.75, 3.05) is 6.54 Å². The number of para-hydroxylation sites is 1. The van der Waals surface area contributed by atoms with E-state index in [1.807, 2.05) is 47.2 Å². The molecule has 19 heavy (non-hydrogen) atoms. The van der Waals surface area contributed by atoms with Gasteiger partial charge in [-0.1, -0.05) is 12.1 Å². The van der Waals surface area contributed by atoms with Crippen LogP contribution in [-0.2, 0) is 6.54 Å². The summed E-state index contributed by atoms with van der Waals surface area (Å²) in [7, 11) is 0. The van der Waals surface area contributed by atoms with E-state index in [4.69, 9.17) is 5.26 Å². The Morgan fingerprint density at radius 3 is 2.84 bits per heavy atom. The molecular formula is C15H17N3O. The molecule has 1 heterocycles. The van der Waals surface area contributed by atoms with Crippen molar-refractivity contribution in [2.24, 2.45) is 0 Å². The first kappa shape index (κ1) is 13.3. The first-order chi connectivity index (χ1) is 9.22. The van der Waals surface area contributed by atoms with Gasteiger partial charge in [-0.3, -0.25) is 0 Å². The molecule has 0 spiro atoms. The minimum absolute atomic E-state index is 0.366. The molecule has 0 radical (unpaired) electrons. The zero-order chi connectivity index (χ0) is 13.7. The van der Waals surface area contributed by atoms with Crippen LogP contribution < -0.4 is 5.32 Å². The van der Waals surface area contributed by atoms with E-state index in [2.05, 4.69) is 11.4 Å². The number of hydrogen-bond donors (Lipinski definition) is 2. The van der Waals surface area contributed by atoms with Crippen molar-refractivity contribution in [3.8, 4) is 11.8 Å². The van der Waals surface area contributed by atoms with Gasteiger partial charge in [0.05, 0.1) is 17.4 Å². The number of aliphatic hydroxyl groups is 1. The predicted molar refractivity (Wildman–Crippen MR) is 73.9 cm³/mol. The van der Waals surface area contributed by atoms with Gasteiger partial charge in [0.2, 0.25) is 0 Å². The number of nitrogens with one attached hydrogen (secondary N) is 1. The maximum Gasteiger partial charge on any atom is 0.101 e. The maximum atomic E-state index is 9.24. The molecule has 0 saturated heterocycles. The highest BCUT2D eigenvalue weighted by Crippen LogP contribution is 2.16. The summed E-state index contributed by atoms with van der Waals surface area (Å²) in [4.78, 5) is 0. The van der Waals surface area contributed by atoms with Gasteiger partial charge >= 0.3 is 0 Å². The van der Waals surface area contributed by atoms with Crippen molar-refractivity contribution in [3.63, 3.8) is 0 Å². The van der Waals surface area contributed by atoms with Crippen LogP contribution in [-0.4, -0.2) is 22.3 Å². The van der Waals surface area contributed by atoms with Crippen molar-refractivity contribution in [3.05, 3.63) is 53.9 Å². The van der Waals surface area contributed by atoms with Crippen molar-refractivity contribution < 1.29 is 5.11 Å². The van der Waals surface area contributed by atoms with Crippen LogP contribution in [0.4, 0.5) is 0 Å². The molecule has 4 heteroatoms. The van der Waals surface area contributed by atoms with Gasteiger partial charge < -0.3 is 15.0 Å². The zero-order valence-corrected chi connectivity index (χ0v) is 10.9. The third-order valence-electron chi connectivity index (χ3n) is 2.86. The second-order valence-electron chi connectivity index (χ2n) is 4.48. The van der Waals surface area contributed by atoms with Gasteiger partial charge in [-0.25, -0.2) is 0 Å². The number of nitrogens with zero attached hydrogens (tertiary/aromatic N) is 2. The van der Waals surface area contributed by atoms with E-state index in [0.717, 1.165) is 11.4 Å². The average Bonchev–Trinajstić information content (AvgIpc) is 2.86. The van der Waals surface area contributed by atoms with Crippen LogP contribution in [0, 0.1) is 11.3 Å². The monoisotopic (exact) mass is 255 g/mol. The lowest BCUT2D eigenvalue weighted by Crippen LogP contribution is -2.24. The van der Waals surface area contributed by atoms with Crippen LogP contribution in [0.15, 0.2) is 42.6 Å². The number of rotatable bonds is 5. The van der Waals surface area contributed by atoms with Crippen molar-refractivity contribution in [2.45, 2.75) is 19.6 Å². The van der Waals surface area contributed by atoms with Gasteiger partial charge in [0, 0.05) is 25.0 Å². The van der Waals surface area contributed by atoms with Crippen LogP contribution in [0.3, 0.4) is 0 Å². The Hall–Kier alpha value is -2.09. The quantitative estimate of drug-likeness (QED) is 0.856. The van der Waals surface area contributed by atoms with E-state index in [9.17, 15) is 5.11 Å². The summed E-state index contributed by atoms with van der Waals surface area (Å²) in [5, 5.41) is 21.6. The Morgan fingerprint density at radius 2 is 2.11 bits per heavy atom. The van der Waals surface area contributed by atoms with Gasteiger partial charge in [-0.05, 0) is 31.2 Å². The van der Waals surface area contributed by atoms with Crippen LogP contribution in [0.2, 0.25) is 0 Å². The average molecular weight is 255 g/mol. The van der Waals surface area contributed by atoms with Crippen molar-refractivity contribution >= 4 is 0 Å². The topological polar surface area (TPSA) is 61.0 Å². The zero-order valence-electron chi connectivity index (χ0n) is 10.9. The molecule has 1 aromatic heterocycles. The molecule has 0 aliphatic carbocycles. The lowest BCUT2D eigenvalue weighted by atomic mass is 10.2. The Balaban J connectivity index is 2.22. The standard InChI is InChI=1S/C15H17N3O/c1-12(19)10-17-11-14-6-4-8-18(14)15-7-3-2-5-13(15)9-16/h2-8,12,17,19H,10-11H2,1H3. The molecule has 4 nitrogen and oxygen atoms in total. The van der Waals surface area contributed by atoms with Gasteiger partial charge in [0.15, 0.2) is 0 Å². The molecule has 1 aromatic carbocycles. The van der Waals surface area contributed by atoms with Gasteiger partial charge in [-0.2, -0.15) is 5.26 Å². The smallest absolute Gasteiger partial charge is 0.101 e. The summed E-state index contributed by atoms with van der Waals surface area (Å²) in [6, 6.07) is 13.7. The second-order valence-corrected chi connectivity index (χ2v) is 4.48. The summed E-state index contributed by atoms with van der Waals surface area (Å²) >= 11 is 0. The highest BCUT2D eigenvalue weighted by atomic mass is 16.3. The first-order valence-electron chi connectivity index (χ1n) is 6.27. The van der Waals surface area contributed by atoms with E-state index in [1.54, 1.807) is 6.92 Å². The summed E-state index contributed by atoms with van der Waals surface area (Å²) in [6.07, 6.45) is 1.57. The number of aromatic nitrogens is 1. The molecule has 0 amide bonds. The van der Waals surface area contributed by atoms with Gasteiger partial charge in [0.1, 0.15) is 6.07 Å². The minimum atomic E-state index is -0.366. The highest BCUT2D eigenvalue weighted by Gasteiger charge is 2.07. The molecule has 0 saturated carbocycles. The normalized spacial score (nSPS) is 12.1. The Morgan fingerprint density at radius 1 is 1.32 bits per heavy atom. The van der Waals surface area contributed by atoms with Gasteiger partial charge in [-0.15, -0.1) is 0 Å². The second kappa shape index (κ2) is 6.19. The van der Waals surface area contributed by atoms with Crippen LogP contribution in [0.5, 0.6) is 0 Å². The molecule has 1 unspecified atom stereocenters. The lowest BCUT2D eigenvalue weighted by molar-refractivity contribution is 0.190. The van der Waals surface area contributed by atoms with Crippen LogP contribution in [0.1, 0.15) is 18.2 Å². The highest BCUT2D eigenvalue weighted by molar-refractivity contribution is 5.49. The number of nitriles is 1. The summed E-state index contributed by atoms with van der Waals surface area (Å²) < 4.78 is 1.99. The van der Waals surface area contributed by atoms with Crippen LogP contribution in [0.25, 0.3) is 5.69 Å². The number of benzene rings is 1. The lowest BCUT2D eigenvalue weighted by Gasteiger charge is -2.12. The van der Waals surface area contributed by atoms with E-state index in [-0.39, 0.29) is 6.10 Å². The molecule has 0 fully saturated rings. The fraction of sp³-hybridized carbons (Fsp3) is 0.267. The fourth-order valence-corrected chi connectivity index (χ4v) is 1.98. The van der Waals surface area contributed by atoms with E-state index >= 15 is 0 Å². The third-order valence-corrected chi connectivity index (χ3v) is 2.86. The molecule has 1 atom stereocenters. The molecule has 2 aromatic rings. The fourth-order valence-electron chi connectivity index (χ4n) is 1.98. The van der Waals surface area contributed by atoms with Crippen molar-refractivity contribution in [1.29, 1.82) is 5.26 Å². The molecule has 2 rings (SSSR count). The maximum absolute atomic E-state index is 9.24. The molecular weight excluding hydrogens is 238 g/mol. The predicted octanol–water partition coefficient (Wildman–Crippen LogP) is 1.82. The third kappa shape index (κ3) is 3.22. The number of aliphatic hydroxyl groups excluding tert-OH is 1. The summed E-state index contributed by atoms with van der Waals surface area (Å²) in [5.74, 6) is 0. The molecule has 98 valence electrons. The Bertz CT molecular complexity index is 581. The minimum Gasteiger partial charge on any atom is -0.392 e. The molecule has 2 N–H and O–H groups in total. The van der Waals surface area contributed by atoms with Crippen LogP contribution >= 0.6 is 0 Å². The molecule has 0 aliphatic heterocycles. The Kier molecular flexibility index (Phi) is 4.35.